The Hall–Kier alpha value is -2.93. The topological polar surface area (TPSA) is 97.6 Å². The normalized spacial score (nSPS) is 16.5. The van der Waals surface area contributed by atoms with Gasteiger partial charge < -0.3 is 24.6 Å². The van der Waals surface area contributed by atoms with Gasteiger partial charge in [0.2, 0.25) is 5.91 Å². The number of benzene rings is 1. The number of amides is 2. The maximum Gasteiger partial charge on any atom is 0.287 e. The van der Waals surface area contributed by atoms with Crippen molar-refractivity contribution in [2.45, 2.75) is 31.9 Å². The second-order valence-corrected chi connectivity index (χ2v) is 6.31. The average molecular weight is 370 g/mol. The molecule has 2 amide bonds. The molecule has 0 aliphatic carbocycles. The first-order valence-corrected chi connectivity index (χ1v) is 8.97. The highest BCUT2D eigenvalue weighted by atomic mass is 16.5. The van der Waals surface area contributed by atoms with Crippen molar-refractivity contribution in [3.63, 3.8) is 0 Å². The zero-order valence-corrected chi connectivity index (χ0v) is 14.9. The molecule has 7 heteroatoms. The van der Waals surface area contributed by atoms with Crippen molar-refractivity contribution >= 4 is 18.1 Å². The first-order chi connectivity index (χ1) is 13.2. The number of furan rings is 1. The molecule has 1 unspecified atom stereocenters. The Kier molecular flexibility index (Phi) is 6.38. The van der Waals surface area contributed by atoms with Crippen LogP contribution in [0.25, 0.3) is 11.3 Å². The second-order valence-electron chi connectivity index (χ2n) is 6.31. The summed E-state index contributed by atoms with van der Waals surface area (Å²) in [6, 6.07) is 10.8. The molecule has 2 aromatic rings. The molecule has 142 valence electrons. The minimum Gasteiger partial charge on any atom is -0.451 e. The van der Waals surface area contributed by atoms with Crippen LogP contribution in [0.5, 0.6) is 0 Å². The predicted molar refractivity (Wildman–Crippen MR) is 98.0 cm³/mol. The first kappa shape index (κ1) is 18.8. The fourth-order valence-electron chi connectivity index (χ4n) is 2.92. The lowest BCUT2D eigenvalue weighted by Crippen LogP contribution is -2.37. The third-order valence-corrected chi connectivity index (χ3v) is 4.33. The summed E-state index contributed by atoms with van der Waals surface area (Å²) in [7, 11) is 0. The molecule has 27 heavy (non-hydrogen) atoms. The average Bonchev–Trinajstić information content (AvgIpc) is 3.21. The third-order valence-electron chi connectivity index (χ3n) is 4.33. The van der Waals surface area contributed by atoms with Crippen LogP contribution in [0.3, 0.4) is 0 Å². The molecule has 1 atom stereocenters. The maximum atomic E-state index is 12.2. The van der Waals surface area contributed by atoms with Gasteiger partial charge >= 0.3 is 0 Å². The Labute approximate surface area is 157 Å². The smallest absolute Gasteiger partial charge is 0.287 e. The summed E-state index contributed by atoms with van der Waals surface area (Å²) >= 11 is 0. The Bertz CT molecular complexity index is 808. The number of aldehydes is 1. The molecule has 2 N–H and O–H groups in total. The highest BCUT2D eigenvalue weighted by Crippen LogP contribution is 2.23. The molecule has 1 fully saturated rings. The van der Waals surface area contributed by atoms with Crippen LogP contribution >= 0.6 is 0 Å². The van der Waals surface area contributed by atoms with Crippen molar-refractivity contribution in [1.29, 1.82) is 0 Å². The minimum atomic E-state index is -0.441. The summed E-state index contributed by atoms with van der Waals surface area (Å²) in [4.78, 5) is 34.3. The summed E-state index contributed by atoms with van der Waals surface area (Å²) in [5.74, 6) is 0.145. The van der Waals surface area contributed by atoms with Gasteiger partial charge in [-0.25, -0.2) is 0 Å². The van der Waals surface area contributed by atoms with E-state index in [1.807, 2.05) is 24.3 Å². The zero-order valence-electron chi connectivity index (χ0n) is 14.9. The molecular formula is C20H22N2O5. The minimum absolute atomic E-state index is 0.0608. The van der Waals surface area contributed by atoms with E-state index in [4.69, 9.17) is 9.15 Å². The highest BCUT2D eigenvalue weighted by molar-refractivity contribution is 5.93. The highest BCUT2D eigenvalue weighted by Gasteiger charge is 2.21. The van der Waals surface area contributed by atoms with Crippen LogP contribution in [0, 0.1) is 0 Å². The molecule has 0 saturated carbocycles. The van der Waals surface area contributed by atoms with Crippen molar-refractivity contribution < 1.29 is 23.5 Å². The van der Waals surface area contributed by atoms with Gasteiger partial charge in [0.1, 0.15) is 18.2 Å². The largest absolute Gasteiger partial charge is 0.451 e. The molecule has 0 bridgehead atoms. The molecule has 0 radical (unpaired) electrons. The molecule has 1 aromatic heterocycles. The van der Waals surface area contributed by atoms with Gasteiger partial charge in [-0.15, -0.1) is 0 Å². The summed E-state index contributed by atoms with van der Waals surface area (Å²) in [6.07, 6.45) is 3.02. The third kappa shape index (κ3) is 5.04. The Morgan fingerprint density at radius 1 is 1.15 bits per heavy atom. The second kappa shape index (κ2) is 9.14. The number of carbonyl (C=O) groups excluding carboxylic acids is 3. The number of hydrogen-bond donors (Lipinski definition) is 2. The lowest BCUT2D eigenvalue weighted by molar-refractivity contribution is -0.135. The van der Waals surface area contributed by atoms with Gasteiger partial charge in [-0.2, -0.15) is 0 Å². The molecule has 0 spiro atoms. The van der Waals surface area contributed by atoms with E-state index >= 15 is 0 Å². The lowest BCUT2D eigenvalue weighted by Gasteiger charge is -2.21. The van der Waals surface area contributed by atoms with E-state index in [1.165, 1.54) is 0 Å². The monoisotopic (exact) mass is 370 g/mol. The fraction of sp³-hybridized carbons (Fsp3) is 0.350. The van der Waals surface area contributed by atoms with Gasteiger partial charge in [0, 0.05) is 18.7 Å². The van der Waals surface area contributed by atoms with Crippen LogP contribution in [0.15, 0.2) is 40.8 Å². The van der Waals surface area contributed by atoms with E-state index < -0.39 is 5.91 Å². The number of ether oxygens (including phenoxy) is 1. The lowest BCUT2D eigenvalue weighted by atomic mass is 10.1. The van der Waals surface area contributed by atoms with Crippen LogP contribution < -0.4 is 10.6 Å². The quantitative estimate of drug-likeness (QED) is 0.727. The van der Waals surface area contributed by atoms with E-state index in [0.29, 0.717) is 25.2 Å². The van der Waals surface area contributed by atoms with Gasteiger partial charge in [-0.3, -0.25) is 9.59 Å². The van der Waals surface area contributed by atoms with Crippen LogP contribution in [-0.2, 0) is 20.9 Å². The molecular weight excluding hydrogens is 348 g/mol. The molecule has 3 rings (SSSR count). The van der Waals surface area contributed by atoms with Crippen LogP contribution in [-0.4, -0.2) is 37.4 Å². The molecule has 2 heterocycles. The Morgan fingerprint density at radius 3 is 2.81 bits per heavy atom. The first-order valence-electron chi connectivity index (χ1n) is 8.97. The van der Waals surface area contributed by atoms with Gasteiger partial charge in [-0.1, -0.05) is 18.2 Å². The number of rotatable bonds is 7. The number of nitrogens with one attached hydrogen (secondary N) is 2. The van der Waals surface area contributed by atoms with Gasteiger partial charge in [0.05, 0.1) is 6.54 Å². The summed E-state index contributed by atoms with van der Waals surface area (Å²) < 4.78 is 11.1. The van der Waals surface area contributed by atoms with Crippen molar-refractivity contribution in [2.24, 2.45) is 0 Å². The van der Waals surface area contributed by atoms with Crippen molar-refractivity contribution in [3.8, 4) is 11.3 Å². The van der Waals surface area contributed by atoms with Crippen molar-refractivity contribution in [3.05, 3.63) is 47.7 Å². The van der Waals surface area contributed by atoms with Crippen LogP contribution in [0.4, 0.5) is 0 Å². The maximum absolute atomic E-state index is 12.2. The van der Waals surface area contributed by atoms with Crippen molar-refractivity contribution in [2.75, 3.05) is 13.2 Å². The predicted octanol–water partition coefficient (Wildman–Crippen LogP) is 2.06. The van der Waals surface area contributed by atoms with E-state index in [1.54, 1.807) is 12.1 Å². The molecule has 1 aromatic carbocycles. The Balaban J connectivity index is 1.61. The van der Waals surface area contributed by atoms with Crippen LogP contribution in [0.2, 0.25) is 0 Å². The zero-order chi connectivity index (χ0) is 19.1. The summed E-state index contributed by atoms with van der Waals surface area (Å²) in [5.41, 5.74) is 1.71. The van der Waals surface area contributed by atoms with E-state index in [2.05, 4.69) is 10.6 Å². The van der Waals surface area contributed by atoms with Gasteiger partial charge in [-0.05, 0) is 43.0 Å². The standard InChI is InChI=1S/C20H22N2O5/c23-10-9-21-20(25)18-8-7-16(27-18)15-5-3-4-14(12-15)13-22-19(24)17-6-1-2-11-26-17/h3-5,7-8,10,12,17H,1-2,6,9,11,13H2,(H,21,25)(H,22,24). The van der Waals surface area contributed by atoms with E-state index in [0.717, 1.165) is 30.4 Å². The fourth-order valence-corrected chi connectivity index (χ4v) is 2.92. The summed E-state index contributed by atoms with van der Waals surface area (Å²) in [5, 5.41) is 5.33. The number of hydrogen-bond acceptors (Lipinski definition) is 5. The van der Waals surface area contributed by atoms with Gasteiger partial charge in [0.25, 0.3) is 5.91 Å². The Morgan fingerprint density at radius 2 is 2.04 bits per heavy atom. The molecule has 1 aliphatic heterocycles. The van der Waals surface area contributed by atoms with E-state index in [9.17, 15) is 14.4 Å². The number of carbonyl (C=O) groups is 3. The molecule has 1 saturated heterocycles. The molecule has 1 aliphatic rings. The van der Waals surface area contributed by atoms with Crippen molar-refractivity contribution in [1.82, 2.24) is 10.6 Å². The SMILES string of the molecule is O=CCNC(=O)c1ccc(-c2cccc(CNC(=O)C3CCCCO3)c2)o1. The van der Waals surface area contributed by atoms with Crippen LogP contribution in [0.1, 0.15) is 35.4 Å². The van der Waals surface area contributed by atoms with Gasteiger partial charge in [0.15, 0.2) is 5.76 Å². The summed E-state index contributed by atoms with van der Waals surface area (Å²) in [6.45, 7) is 0.962. The van der Waals surface area contributed by atoms with E-state index in [-0.39, 0.29) is 24.3 Å². The molecule has 7 nitrogen and oxygen atoms in total.